The normalized spacial score (nSPS) is 11.1. The lowest BCUT2D eigenvalue weighted by Crippen LogP contribution is -2.28. The van der Waals surface area contributed by atoms with Gasteiger partial charge in [0.2, 0.25) is 0 Å². The van der Waals surface area contributed by atoms with E-state index in [0.717, 1.165) is 25.7 Å². The highest BCUT2D eigenvalue weighted by molar-refractivity contribution is 6.32. The van der Waals surface area contributed by atoms with E-state index in [-0.39, 0.29) is 0 Å². The topological polar surface area (TPSA) is 59.0 Å². The summed E-state index contributed by atoms with van der Waals surface area (Å²) in [7, 11) is 1.52. The molecule has 0 aromatic heterocycles. The Hall–Kier alpha value is -1.72. The lowest BCUT2D eigenvalue weighted by Gasteiger charge is -2.19. The van der Waals surface area contributed by atoms with Gasteiger partial charge in [0.05, 0.1) is 12.1 Å². The summed E-state index contributed by atoms with van der Waals surface area (Å²) < 4.78 is 11.0. The van der Waals surface area contributed by atoms with Crippen molar-refractivity contribution in [3.63, 3.8) is 0 Å². The van der Waals surface area contributed by atoms with Gasteiger partial charge in [0, 0.05) is 12.6 Å². The van der Waals surface area contributed by atoms with Gasteiger partial charge in [-0.3, -0.25) is 0 Å². The third-order valence-electron chi connectivity index (χ3n) is 3.22. The minimum atomic E-state index is -1.02. The smallest absolute Gasteiger partial charge is 0.328 e. The van der Waals surface area contributed by atoms with Crippen LogP contribution >= 0.6 is 11.6 Å². The first-order chi connectivity index (χ1) is 10.5. The Morgan fingerprint density at radius 2 is 2.05 bits per heavy atom. The quantitative estimate of drug-likeness (QED) is 0.706. The van der Waals surface area contributed by atoms with Crippen molar-refractivity contribution < 1.29 is 19.4 Å². The van der Waals surface area contributed by atoms with Gasteiger partial charge >= 0.3 is 5.97 Å². The Labute approximate surface area is 136 Å². The molecule has 122 valence electrons. The number of hydrogen-bond acceptors (Lipinski definition) is 4. The number of nitrogens with zero attached hydrogens (tertiary/aromatic N) is 1. The Kier molecular flexibility index (Phi) is 7.77. The minimum Gasteiger partial charge on any atom is -0.493 e. The van der Waals surface area contributed by atoms with Crippen LogP contribution in [0.1, 0.15) is 19.4 Å². The molecule has 1 aromatic rings. The van der Waals surface area contributed by atoms with E-state index in [1.54, 1.807) is 12.1 Å². The maximum Gasteiger partial charge on any atom is 0.328 e. The molecule has 0 aliphatic rings. The van der Waals surface area contributed by atoms with Crippen LogP contribution in [0, 0.1) is 0 Å². The van der Waals surface area contributed by atoms with Crippen molar-refractivity contribution in [2.75, 3.05) is 33.4 Å². The van der Waals surface area contributed by atoms with Gasteiger partial charge in [-0.15, -0.1) is 0 Å². The SMILES string of the molecule is CCN(CC)CCOc1c(Cl)cc(C=CC(=O)O)cc1OC. The van der Waals surface area contributed by atoms with Crippen molar-refractivity contribution >= 4 is 23.6 Å². The number of hydrogen-bond donors (Lipinski definition) is 1. The maximum absolute atomic E-state index is 10.6. The van der Waals surface area contributed by atoms with E-state index in [4.69, 9.17) is 26.2 Å². The summed E-state index contributed by atoms with van der Waals surface area (Å²) in [6, 6.07) is 3.34. The van der Waals surface area contributed by atoms with E-state index in [1.807, 2.05) is 0 Å². The minimum absolute atomic E-state index is 0.393. The van der Waals surface area contributed by atoms with E-state index in [0.29, 0.717) is 28.7 Å². The molecule has 5 nitrogen and oxygen atoms in total. The summed E-state index contributed by atoms with van der Waals surface area (Å²) in [5.74, 6) is -0.0597. The van der Waals surface area contributed by atoms with Gasteiger partial charge in [-0.1, -0.05) is 25.4 Å². The molecule has 0 heterocycles. The fourth-order valence-electron chi connectivity index (χ4n) is 1.96. The van der Waals surface area contributed by atoms with Crippen LogP contribution in [0.25, 0.3) is 6.08 Å². The molecule has 0 amide bonds. The average Bonchev–Trinajstić information content (AvgIpc) is 2.50. The molecule has 0 unspecified atom stereocenters. The van der Waals surface area contributed by atoms with Gasteiger partial charge in [0.15, 0.2) is 11.5 Å². The molecule has 0 atom stereocenters. The zero-order chi connectivity index (χ0) is 16.5. The number of halogens is 1. The van der Waals surface area contributed by atoms with E-state index in [1.165, 1.54) is 13.2 Å². The second-order valence-corrected chi connectivity index (χ2v) is 4.99. The zero-order valence-electron chi connectivity index (χ0n) is 13.1. The third kappa shape index (κ3) is 5.58. The van der Waals surface area contributed by atoms with Crippen LogP contribution in [0.5, 0.6) is 11.5 Å². The first-order valence-electron chi connectivity index (χ1n) is 7.15. The highest BCUT2D eigenvalue weighted by Gasteiger charge is 2.12. The predicted octanol–water partition coefficient (Wildman–Crippen LogP) is 3.17. The summed E-state index contributed by atoms with van der Waals surface area (Å²) in [6.07, 6.45) is 2.50. The largest absolute Gasteiger partial charge is 0.493 e. The molecule has 1 N–H and O–H groups in total. The number of carboxylic acid groups (broad SMARTS) is 1. The van der Waals surface area contributed by atoms with Gasteiger partial charge in [0.1, 0.15) is 6.61 Å². The van der Waals surface area contributed by atoms with Crippen LogP contribution in [-0.2, 0) is 4.79 Å². The molecular formula is C16H22ClNO4. The Bertz CT molecular complexity index is 527. The number of ether oxygens (including phenoxy) is 2. The number of rotatable bonds is 9. The van der Waals surface area contributed by atoms with Crippen LogP contribution in [0.3, 0.4) is 0 Å². The fourth-order valence-corrected chi connectivity index (χ4v) is 2.23. The highest BCUT2D eigenvalue weighted by atomic mass is 35.5. The predicted molar refractivity (Wildman–Crippen MR) is 88.0 cm³/mol. The lowest BCUT2D eigenvalue weighted by atomic mass is 10.2. The molecule has 0 spiro atoms. The molecule has 0 saturated carbocycles. The molecule has 6 heteroatoms. The van der Waals surface area contributed by atoms with Crippen molar-refractivity contribution in [1.82, 2.24) is 4.90 Å². The zero-order valence-corrected chi connectivity index (χ0v) is 13.9. The highest BCUT2D eigenvalue weighted by Crippen LogP contribution is 2.36. The van der Waals surface area contributed by atoms with Gasteiger partial charge in [-0.25, -0.2) is 4.79 Å². The van der Waals surface area contributed by atoms with Crippen LogP contribution in [0.4, 0.5) is 0 Å². The van der Waals surface area contributed by atoms with Gasteiger partial charge in [-0.05, 0) is 36.9 Å². The number of carboxylic acids is 1. The Balaban J connectivity index is 2.84. The van der Waals surface area contributed by atoms with Crippen LogP contribution in [0.15, 0.2) is 18.2 Å². The summed E-state index contributed by atoms with van der Waals surface area (Å²) in [5, 5.41) is 9.05. The first kappa shape index (κ1) is 18.3. The molecule has 0 saturated heterocycles. The summed E-state index contributed by atoms with van der Waals surface area (Å²) in [6.45, 7) is 7.42. The van der Waals surface area contributed by atoms with Gasteiger partial charge in [-0.2, -0.15) is 0 Å². The van der Waals surface area contributed by atoms with Crippen LogP contribution in [-0.4, -0.2) is 49.3 Å². The molecule has 0 aliphatic heterocycles. The average molecular weight is 328 g/mol. The molecule has 0 bridgehead atoms. The lowest BCUT2D eigenvalue weighted by molar-refractivity contribution is -0.131. The van der Waals surface area contributed by atoms with E-state index in [9.17, 15) is 4.79 Å². The Morgan fingerprint density at radius 3 is 2.59 bits per heavy atom. The summed E-state index contributed by atoms with van der Waals surface area (Å²) in [4.78, 5) is 12.8. The molecule has 0 fully saturated rings. The molecular weight excluding hydrogens is 306 g/mol. The molecule has 1 aromatic carbocycles. The Morgan fingerprint density at radius 1 is 1.36 bits per heavy atom. The molecule has 0 aliphatic carbocycles. The number of methoxy groups -OCH3 is 1. The van der Waals surface area contributed by atoms with Crippen molar-refractivity contribution in [3.05, 3.63) is 28.8 Å². The number of carbonyl (C=O) groups is 1. The first-order valence-corrected chi connectivity index (χ1v) is 7.53. The summed E-state index contributed by atoms with van der Waals surface area (Å²) in [5.41, 5.74) is 0.639. The molecule has 0 radical (unpaired) electrons. The van der Waals surface area contributed by atoms with Gasteiger partial charge in [0.25, 0.3) is 0 Å². The number of benzene rings is 1. The number of aliphatic carboxylic acids is 1. The molecule has 1 rings (SSSR count). The van der Waals surface area contributed by atoms with Crippen molar-refractivity contribution in [2.45, 2.75) is 13.8 Å². The third-order valence-corrected chi connectivity index (χ3v) is 3.50. The van der Waals surface area contributed by atoms with Gasteiger partial charge < -0.3 is 19.5 Å². The standard InChI is InChI=1S/C16H22ClNO4/c1-4-18(5-2)8-9-22-16-13(17)10-12(6-7-15(19)20)11-14(16)21-3/h6-7,10-11H,4-5,8-9H2,1-3H3,(H,19,20). The van der Waals surface area contributed by atoms with Crippen molar-refractivity contribution in [1.29, 1.82) is 0 Å². The molecule has 22 heavy (non-hydrogen) atoms. The number of likely N-dealkylation sites (N-methyl/N-ethyl adjacent to an activating group) is 1. The monoisotopic (exact) mass is 327 g/mol. The van der Waals surface area contributed by atoms with E-state index < -0.39 is 5.97 Å². The second kappa shape index (κ2) is 9.33. The van der Waals surface area contributed by atoms with E-state index in [2.05, 4.69) is 18.7 Å². The maximum atomic E-state index is 10.6. The second-order valence-electron chi connectivity index (χ2n) is 4.58. The van der Waals surface area contributed by atoms with Crippen LogP contribution < -0.4 is 9.47 Å². The fraction of sp³-hybridized carbons (Fsp3) is 0.438. The van der Waals surface area contributed by atoms with Crippen molar-refractivity contribution in [3.8, 4) is 11.5 Å². The van der Waals surface area contributed by atoms with Crippen LogP contribution in [0.2, 0.25) is 5.02 Å². The van der Waals surface area contributed by atoms with Crippen molar-refractivity contribution in [2.24, 2.45) is 0 Å². The van der Waals surface area contributed by atoms with E-state index >= 15 is 0 Å². The summed E-state index contributed by atoms with van der Waals surface area (Å²) >= 11 is 6.21.